The summed E-state index contributed by atoms with van der Waals surface area (Å²) in [6.45, 7) is 6.17. The molecule has 90 valence electrons. The SMILES string of the molecule is CNCCOCCOC(C)(C)CC(N)=O. The summed E-state index contributed by atoms with van der Waals surface area (Å²) in [6.07, 6.45) is 0.226. The van der Waals surface area contributed by atoms with Crippen LogP contribution in [0.15, 0.2) is 0 Å². The van der Waals surface area contributed by atoms with Crippen molar-refractivity contribution in [2.75, 3.05) is 33.4 Å². The molecule has 0 unspecified atom stereocenters. The van der Waals surface area contributed by atoms with Crippen molar-refractivity contribution >= 4 is 5.91 Å². The summed E-state index contributed by atoms with van der Waals surface area (Å²) in [5, 5.41) is 2.97. The lowest BCUT2D eigenvalue weighted by Gasteiger charge is -2.23. The van der Waals surface area contributed by atoms with Gasteiger partial charge in [0.1, 0.15) is 0 Å². The van der Waals surface area contributed by atoms with E-state index in [9.17, 15) is 4.79 Å². The van der Waals surface area contributed by atoms with Gasteiger partial charge in [0.15, 0.2) is 0 Å². The van der Waals surface area contributed by atoms with Gasteiger partial charge in [0, 0.05) is 6.54 Å². The standard InChI is InChI=1S/C10H22N2O3/c1-10(2,8-9(11)13)15-7-6-14-5-4-12-3/h12H,4-8H2,1-3H3,(H2,11,13). The number of rotatable bonds is 9. The van der Waals surface area contributed by atoms with E-state index in [0.29, 0.717) is 19.8 Å². The molecule has 3 N–H and O–H groups in total. The van der Waals surface area contributed by atoms with Gasteiger partial charge < -0.3 is 20.5 Å². The summed E-state index contributed by atoms with van der Waals surface area (Å²) < 4.78 is 10.7. The van der Waals surface area contributed by atoms with Crippen LogP contribution in [0.2, 0.25) is 0 Å². The van der Waals surface area contributed by atoms with Crippen LogP contribution in [0.4, 0.5) is 0 Å². The second-order valence-corrected chi connectivity index (χ2v) is 3.97. The van der Waals surface area contributed by atoms with E-state index >= 15 is 0 Å². The Balaban J connectivity index is 3.44. The first-order valence-corrected chi connectivity index (χ1v) is 5.12. The number of carbonyl (C=O) groups is 1. The third-order valence-electron chi connectivity index (χ3n) is 1.82. The highest BCUT2D eigenvalue weighted by Gasteiger charge is 2.20. The Morgan fingerprint density at radius 1 is 1.33 bits per heavy atom. The highest BCUT2D eigenvalue weighted by molar-refractivity contribution is 5.74. The Labute approximate surface area is 91.3 Å². The fraction of sp³-hybridized carbons (Fsp3) is 0.900. The predicted molar refractivity (Wildman–Crippen MR) is 58.6 cm³/mol. The molecule has 0 rings (SSSR count). The second kappa shape index (κ2) is 7.62. The molecular weight excluding hydrogens is 196 g/mol. The molecule has 0 bridgehead atoms. The lowest BCUT2D eigenvalue weighted by molar-refractivity contribution is -0.125. The lowest BCUT2D eigenvalue weighted by atomic mass is 10.1. The number of nitrogens with two attached hydrogens (primary N) is 1. The van der Waals surface area contributed by atoms with E-state index in [1.807, 2.05) is 20.9 Å². The highest BCUT2D eigenvalue weighted by atomic mass is 16.5. The zero-order valence-electron chi connectivity index (χ0n) is 9.84. The van der Waals surface area contributed by atoms with Gasteiger partial charge in [0.2, 0.25) is 5.91 Å². The molecule has 0 fully saturated rings. The van der Waals surface area contributed by atoms with Crippen molar-refractivity contribution in [1.82, 2.24) is 5.32 Å². The molecule has 0 atom stereocenters. The summed E-state index contributed by atoms with van der Waals surface area (Å²) in [4.78, 5) is 10.7. The van der Waals surface area contributed by atoms with E-state index in [2.05, 4.69) is 5.32 Å². The minimum atomic E-state index is -0.502. The molecule has 0 aromatic heterocycles. The number of amides is 1. The summed E-state index contributed by atoms with van der Waals surface area (Å²) in [7, 11) is 1.87. The molecule has 0 spiro atoms. The van der Waals surface area contributed by atoms with Gasteiger partial charge in [-0.2, -0.15) is 0 Å². The van der Waals surface area contributed by atoms with Gasteiger partial charge >= 0.3 is 0 Å². The Bertz CT molecular complexity index is 184. The van der Waals surface area contributed by atoms with Gasteiger partial charge in [-0.05, 0) is 20.9 Å². The third kappa shape index (κ3) is 9.65. The minimum Gasteiger partial charge on any atom is -0.378 e. The van der Waals surface area contributed by atoms with E-state index in [0.717, 1.165) is 6.54 Å². The Morgan fingerprint density at radius 2 is 2.00 bits per heavy atom. The summed E-state index contributed by atoms with van der Waals surface area (Å²) >= 11 is 0. The minimum absolute atomic E-state index is 0.226. The number of nitrogens with one attached hydrogen (secondary N) is 1. The van der Waals surface area contributed by atoms with Crippen molar-refractivity contribution in [3.05, 3.63) is 0 Å². The van der Waals surface area contributed by atoms with E-state index in [-0.39, 0.29) is 12.3 Å². The van der Waals surface area contributed by atoms with Crippen LogP contribution in [-0.4, -0.2) is 44.9 Å². The van der Waals surface area contributed by atoms with Crippen molar-refractivity contribution in [3.63, 3.8) is 0 Å². The molecule has 0 aromatic rings. The number of hydrogen-bond donors (Lipinski definition) is 2. The number of likely N-dealkylation sites (N-methyl/N-ethyl adjacent to an activating group) is 1. The lowest BCUT2D eigenvalue weighted by Crippen LogP contribution is -2.32. The molecule has 0 aliphatic rings. The van der Waals surface area contributed by atoms with Crippen molar-refractivity contribution < 1.29 is 14.3 Å². The van der Waals surface area contributed by atoms with Crippen molar-refractivity contribution in [2.45, 2.75) is 25.9 Å². The molecule has 0 heterocycles. The van der Waals surface area contributed by atoms with Gasteiger partial charge in [-0.15, -0.1) is 0 Å². The second-order valence-electron chi connectivity index (χ2n) is 3.97. The van der Waals surface area contributed by atoms with E-state index in [4.69, 9.17) is 15.2 Å². The van der Waals surface area contributed by atoms with Gasteiger partial charge in [0.25, 0.3) is 0 Å². The maximum atomic E-state index is 10.7. The first-order chi connectivity index (χ1) is 6.98. The fourth-order valence-corrected chi connectivity index (χ4v) is 1.12. The zero-order valence-corrected chi connectivity index (χ0v) is 9.84. The highest BCUT2D eigenvalue weighted by Crippen LogP contribution is 2.13. The molecule has 0 aromatic carbocycles. The summed E-state index contributed by atoms with van der Waals surface area (Å²) in [5.41, 5.74) is 4.59. The first-order valence-electron chi connectivity index (χ1n) is 5.12. The van der Waals surface area contributed by atoms with E-state index in [1.54, 1.807) is 0 Å². The van der Waals surface area contributed by atoms with Crippen molar-refractivity contribution in [3.8, 4) is 0 Å². The van der Waals surface area contributed by atoms with E-state index < -0.39 is 5.60 Å². The van der Waals surface area contributed by atoms with Gasteiger partial charge in [-0.3, -0.25) is 4.79 Å². The van der Waals surface area contributed by atoms with Crippen LogP contribution >= 0.6 is 0 Å². The van der Waals surface area contributed by atoms with Crippen LogP contribution in [0.5, 0.6) is 0 Å². The van der Waals surface area contributed by atoms with Crippen LogP contribution in [0.1, 0.15) is 20.3 Å². The Morgan fingerprint density at radius 3 is 2.53 bits per heavy atom. The van der Waals surface area contributed by atoms with Crippen molar-refractivity contribution in [1.29, 1.82) is 0 Å². The van der Waals surface area contributed by atoms with Crippen LogP contribution < -0.4 is 11.1 Å². The number of primary amides is 1. The van der Waals surface area contributed by atoms with Crippen LogP contribution in [0.25, 0.3) is 0 Å². The van der Waals surface area contributed by atoms with Gasteiger partial charge in [0.05, 0.1) is 31.8 Å². The molecule has 0 radical (unpaired) electrons. The fourth-order valence-electron chi connectivity index (χ4n) is 1.12. The van der Waals surface area contributed by atoms with E-state index in [1.165, 1.54) is 0 Å². The van der Waals surface area contributed by atoms with Crippen LogP contribution in [0, 0.1) is 0 Å². The normalized spacial score (nSPS) is 11.7. The third-order valence-corrected chi connectivity index (χ3v) is 1.82. The molecule has 15 heavy (non-hydrogen) atoms. The van der Waals surface area contributed by atoms with Crippen LogP contribution in [-0.2, 0) is 14.3 Å². The first kappa shape index (κ1) is 14.3. The predicted octanol–water partition coefficient (Wildman–Crippen LogP) is -0.107. The average Bonchev–Trinajstić information content (AvgIpc) is 2.08. The maximum absolute atomic E-state index is 10.7. The largest absolute Gasteiger partial charge is 0.378 e. The topological polar surface area (TPSA) is 73.6 Å². The molecule has 5 nitrogen and oxygen atoms in total. The quantitative estimate of drug-likeness (QED) is 0.530. The molecule has 1 amide bonds. The number of hydrogen-bond acceptors (Lipinski definition) is 4. The van der Waals surface area contributed by atoms with Crippen molar-refractivity contribution in [2.24, 2.45) is 5.73 Å². The summed E-state index contributed by atoms with van der Waals surface area (Å²) in [6, 6.07) is 0. The Kier molecular flexibility index (Phi) is 7.29. The summed E-state index contributed by atoms with van der Waals surface area (Å²) in [5.74, 6) is -0.351. The molecular formula is C10H22N2O3. The average molecular weight is 218 g/mol. The molecule has 0 saturated heterocycles. The van der Waals surface area contributed by atoms with Crippen LogP contribution in [0.3, 0.4) is 0 Å². The maximum Gasteiger partial charge on any atom is 0.220 e. The molecule has 0 aliphatic heterocycles. The smallest absolute Gasteiger partial charge is 0.220 e. The van der Waals surface area contributed by atoms with Gasteiger partial charge in [-0.1, -0.05) is 0 Å². The molecule has 0 saturated carbocycles. The number of ether oxygens (including phenoxy) is 2. The Hall–Kier alpha value is -0.650. The monoisotopic (exact) mass is 218 g/mol. The molecule has 5 heteroatoms. The molecule has 0 aliphatic carbocycles. The number of carbonyl (C=O) groups excluding carboxylic acids is 1. The van der Waals surface area contributed by atoms with Gasteiger partial charge in [-0.25, -0.2) is 0 Å². The zero-order chi connectivity index (χ0) is 11.7.